The van der Waals surface area contributed by atoms with Gasteiger partial charge >= 0.3 is 0 Å². The standard InChI is InChI=1S/C24H23Cl2FN2O4S/c1-16(24(30)28-14-13-17-3-8-20(33-2)9-4-17)29(23-15-19(26)7-12-22(23)27)34(31,32)21-10-5-18(25)6-11-21/h3-12,15-16H,13-14H2,1-2H3,(H,28,30). The highest BCUT2D eigenvalue weighted by atomic mass is 35.5. The van der Waals surface area contributed by atoms with Crippen molar-refractivity contribution in [2.45, 2.75) is 24.3 Å². The van der Waals surface area contributed by atoms with Crippen LogP contribution in [0.5, 0.6) is 5.75 Å². The molecule has 3 aromatic rings. The van der Waals surface area contributed by atoms with Gasteiger partial charge in [0.25, 0.3) is 10.0 Å². The first-order valence-corrected chi connectivity index (χ1v) is 12.5. The Morgan fingerprint density at radius 1 is 1.03 bits per heavy atom. The number of halogens is 3. The summed E-state index contributed by atoms with van der Waals surface area (Å²) in [6, 6.07) is 15.0. The molecule has 34 heavy (non-hydrogen) atoms. The quantitative estimate of drug-likeness (QED) is 0.423. The normalized spacial score (nSPS) is 12.1. The number of carbonyl (C=O) groups is 1. The van der Waals surface area contributed by atoms with E-state index in [2.05, 4.69) is 5.32 Å². The highest BCUT2D eigenvalue weighted by Crippen LogP contribution is 2.31. The van der Waals surface area contributed by atoms with Gasteiger partial charge in [-0.05, 0) is 73.5 Å². The number of ether oxygens (including phenoxy) is 1. The van der Waals surface area contributed by atoms with Crippen LogP contribution in [0.15, 0.2) is 71.6 Å². The number of hydrogen-bond donors (Lipinski definition) is 1. The van der Waals surface area contributed by atoms with Crippen LogP contribution in [0.25, 0.3) is 0 Å². The monoisotopic (exact) mass is 524 g/mol. The highest BCUT2D eigenvalue weighted by Gasteiger charge is 2.35. The van der Waals surface area contributed by atoms with E-state index in [1.165, 1.54) is 43.3 Å². The summed E-state index contributed by atoms with van der Waals surface area (Å²) in [5.74, 6) is -0.710. The van der Waals surface area contributed by atoms with Gasteiger partial charge in [0.2, 0.25) is 5.91 Å². The zero-order chi connectivity index (χ0) is 24.9. The molecule has 3 aromatic carbocycles. The van der Waals surface area contributed by atoms with Crippen LogP contribution in [0.4, 0.5) is 10.1 Å². The van der Waals surface area contributed by atoms with Crippen molar-refractivity contribution in [2.75, 3.05) is 18.0 Å². The van der Waals surface area contributed by atoms with Gasteiger partial charge in [0.15, 0.2) is 0 Å². The van der Waals surface area contributed by atoms with E-state index in [4.69, 9.17) is 27.9 Å². The molecule has 3 rings (SSSR count). The lowest BCUT2D eigenvalue weighted by Crippen LogP contribution is -2.48. The molecule has 0 saturated heterocycles. The predicted octanol–water partition coefficient (Wildman–Crippen LogP) is 5.08. The van der Waals surface area contributed by atoms with Crippen LogP contribution in [0, 0.1) is 5.82 Å². The van der Waals surface area contributed by atoms with Gasteiger partial charge in [-0.3, -0.25) is 9.10 Å². The molecule has 1 N–H and O–H groups in total. The van der Waals surface area contributed by atoms with Gasteiger partial charge in [0, 0.05) is 16.6 Å². The SMILES string of the molecule is COc1ccc(CCNC(=O)C(C)N(c2cc(Cl)ccc2F)S(=O)(=O)c2ccc(Cl)cc2)cc1. The van der Waals surface area contributed by atoms with Gasteiger partial charge in [-0.15, -0.1) is 0 Å². The van der Waals surface area contributed by atoms with Gasteiger partial charge in [0.1, 0.15) is 17.6 Å². The number of anilines is 1. The fourth-order valence-electron chi connectivity index (χ4n) is 3.30. The Labute approximate surface area is 208 Å². The number of hydrogen-bond acceptors (Lipinski definition) is 4. The molecule has 0 aliphatic heterocycles. The Bertz CT molecular complexity index is 1250. The number of amides is 1. The minimum Gasteiger partial charge on any atom is -0.497 e. The van der Waals surface area contributed by atoms with Crippen LogP contribution < -0.4 is 14.4 Å². The molecule has 0 bridgehead atoms. The molecule has 10 heteroatoms. The van der Waals surface area contributed by atoms with E-state index >= 15 is 0 Å². The smallest absolute Gasteiger partial charge is 0.265 e. The lowest BCUT2D eigenvalue weighted by atomic mass is 10.1. The van der Waals surface area contributed by atoms with Gasteiger partial charge < -0.3 is 10.1 Å². The molecule has 180 valence electrons. The van der Waals surface area contributed by atoms with E-state index in [0.29, 0.717) is 17.2 Å². The first-order valence-electron chi connectivity index (χ1n) is 10.3. The Balaban J connectivity index is 1.86. The van der Waals surface area contributed by atoms with Crippen molar-refractivity contribution in [3.8, 4) is 5.75 Å². The average Bonchev–Trinajstić information content (AvgIpc) is 2.82. The molecule has 0 spiro atoms. The second kappa shape index (κ2) is 11.1. The number of carbonyl (C=O) groups excluding carboxylic acids is 1. The Morgan fingerprint density at radius 2 is 1.65 bits per heavy atom. The van der Waals surface area contributed by atoms with Crippen molar-refractivity contribution in [3.63, 3.8) is 0 Å². The third kappa shape index (κ3) is 6.00. The van der Waals surface area contributed by atoms with Crippen molar-refractivity contribution in [1.82, 2.24) is 5.32 Å². The summed E-state index contributed by atoms with van der Waals surface area (Å²) in [7, 11) is -2.77. The Hall–Kier alpha value is -2.81. The molecule has 0 saturated carbocycles. The van der Waals surface area contributed by atoms with E-state index in [-0.39, 0.29) is 22.2 Å². The largest absolute Gasteiger partial charge is 0.497 e. The summed E-state index contributed by atoms with van der Waals surface area (Å²) >= 11 is 11.9. The first kappa shape index (κ1) is 25.8. The molecule has 1 amide bonds. The van der Waals surface area contributed by atoms with Gasteiger partial charge in [0.05, 0.1) is 17.7 Å². The molecule has 0 heterocycles. The molecular weight excluding hydrogens is 502 g/mol. The molecule has 1 atom stereocenters. The number of sulfonamides is 1. The van der Waals surface area contributed by atoms with Gasteiger partial charge in [-0.25, -0.2) is 12.8 Å². The van der Waals surface area contributed by atoms with E-state index in [1.54, 1.807) is 7.11 Å². The van der Waals surface area contributed by atoms with E-state index < -0.39 is 27.8 Å². The van der Waals surface area contributed by atoms with Crippen LogP contribution in [0.3, 0.4) is 0 Å². The van der Waals surface area contributed by atoms with E-state index in [9.17, 15) is 17.6 Å². The fraction of sp³-hybridized carbons (Fsp3) is 0.208. The molecule has 0 aliphatic rings. The van der Waals surface area contributed by atoms with Crippen molar-refractivity contribution in [1.29, 1.82) is 0 Å². The van der Waals surface area contributed by atoms with Crippen LogP contribution in [-0.4, -0.2) is 34.0 Å². The lowest BCUT2D eigenvalue weighted by molar-refractivity contribution is -0.121. The molecule has 0 radical (unpaired) electrons. The van der Waals surface area contributed by atoms with Crippen molar-refractivity contribution >= 4 is 44.8 Å². The van der Waals surface area contributed by atoms with Gasteiger partial charge in [-0.2, -0.15) is 0 Å². The molecule has 6 nitrogen and oxygen atoms in total. The molecule has 1 unspecified atom stereocenters. The van der Waals surface area contributed by atoms with E-state index in [1.807, 2.05) is 24.3 Å². The molecule has 0 fully saturated rings. The lowest BCUT2D eigenvalue weighted by Gasteiger charge is -2.30. The second-order valence-corrected chi connectivity index (χ2v) is 10.1. The minimum atomic E-state index is -4.34. The second-order valence-electron chi connectivity index (χ2n) is 7.42. The third-order valence-corrected chi connectivity index (χ3v) is 7.51. The minimum absolute atomic E-state index is 0.125. The van der Waals surface area contributed by atoms with E-state index in [0.717, 1.165) is 15.9 Å². The third-order valence-electron chi connectivity index (χ3n) is 5.12. The maximum Gasteiger partial charge on any atom is 0.265 e. The number of rotatable bonds is 9. The number of benzene rings is 3. The average molecular weight is 525 g/mol. The summed E-state index contributed by atoms with van der Waals surface area (Å²) in [6.07, 6.45) is 0.512. The molecular formula is C24H23Cl2FN2O4S. The van der Waals surface area contributed by atoms with Crippen molar-refractivity contribution < 1.29 is 22.3 Å². The van der Waals surface area contributed by atoms with Crippen LogP contribution in [0.1, 0.15) is 12.5 Å². The topological polar surface area (TPSA) is 75.7 Å². The van der Waals surface area contributed by atoms with Crippen molar-refractivity contribution in [3.05, 3.63) is 88.2 Å². The molecule has 0 aromatic heterocycles. The fourth-order valence-corrected chi connectivity index (χ4v) is 5.21. The number of nitrogens with zero attached hydrogens (tertiary/aromatic N) is 1. The zero-order valence-electron chi connectivity index (χ0n) is 18.5. The summed E-state index contributed by atoms with van der Waals surface area (Å²) in [6.45, 7) is 1.64. The number of methoxy groups -OCH3 is 1. The summed E-state index contributed by atoms with van der Waals surface area (Å²) < 4.78 is 47.6. The zero-order valence-corrected chi connectivity index (χ0v) is 20.8. The molecule has 0 aliphatic carbocycles. The summed E-state index contributed by atoms with van der Waals surface area (Å²) in [5.41, 5.74) is 0.625. The maximum absolute atomic E-state index is 14.8. The highest BCUT2D eigenvalue weighted by molar-refractivity contribution is 7.93. The predicted molar refractivity (Wildman–Crippen MR) is 132 cm³/mol. The number of nitrogens with one attached hydrogen (secondary N) is 1. The van der Waals surface area contributed by atoms with Crippen LogP contribution in [0.2, 0.25) is 10.0 Å². The van der Waals surface area contributed by atoms with Gasteiger partial charge in [-0.1, -0.05) is 35.3 Å². The Morgan fingerprint density at radius 3 is 2.26 bits per heavy atom. The van der Waals surface area contributed by atoms with Crippen LogP contribution >= 0.6 is 23.2 Å². The van der Waals surface area contributed by atoms with Crippen molar-refractivity contribution in [2.24, 2.45) is 0 Å². The summed E-state index contributed by atoms with van der Waals surface area (Å²) in [5, 5.41) is 3.19. The summed E-state index contributed by atoms with van der Waals surface area (Å²) in [4.78, 5) is 12.8. The van der Waals surface area contributed by atoms with Crippen LogP contribution in [-0.2, 0) is 21.2 Å². The Kier molecular flexibility index (Phi) is 8.41. The maximum atomic E-state index is 14.8. The first-order chi connectivity index (χ1) is 16.1.